The average Bonchev–Trinajstić information content (AvgIpc) is 2.60. The van der Waals surface area contributed by atoms with Gasteiger partial charge in [-0.05, 0) is 17.3 Å². The lowest BCUT2D eigenvalue weighted by Crippen LogP contribution is -2.10. The molecule has 0 unspecified atom stereocenters. The van der Waals surface area contributed by atoms with Crippen LogP contribution in [-0.4, -0.2) is 23.4 Å². The van der Waals surface area contributed by atoms with Gasteiger partial charge in [0.15, 0.2) is 5.75 Å². The molecule has 0 fully saturated rings. The minimum atomic E-state index is 0.0533. The van der Waals surface area contributed by atoms with Crippen LogP contribution < -0.4 is 10.5 Å². The molecule has 0 aliphatic rings. The summed E-state index contributed by atoms with van der Waals surface area (Å²) in [4.78, 5) is 0. The van der Waals surface area contributed by atoms with E-state index < -0.39 is 0 Å². The van der Waals surface area contributed by atoms with Crippen LogP contribution in [0.15, 0.2) is 22.7 Å². The third-order valence-corrected chi connectivity index (χ3v) is 1.80. The molecular weight excluding hydrogens is 184 g/mol. The summed E-state index contributed by atoms with van der Waals surface area (Å²) >= 11 is 0. The normalized spacial score (nSPS) is 10.6. The van der Waals surface area contributed by atoms with Crippen molar-refractivity contribution in [1.29, 1.82) is 0 Å². The number of aromatic hydroxyl groups is 1. The summed E-state index contributed by atoms with van der Waals surface area (Å²) in [6, 6.07) is 4.99. The van der Waals surface area contributed by atoms with Gasteiger partial charge in [0.1, 0.15) is 6.61 Å². The van der Waals surface area contributed by atoms with Crippen LogP contribution in [0, 0.1) is 0 Å². The fraction of sp³-hybridized carbons (Fsp3) is 0.222. The molecule has 3 N–H and O–H groups in total. The van der Waals surface area contributed by atoms with Crippen molar-refractivity contribution in [2.24, 2.45) is 5.73 Å². The fourth-order valence-electron chi connectivity index (χ4n) is 1.19. The van der Waals surface area contributed by atoms with Gasteiger partial charge < -0.3 is 20.1 Å². The van der Waals surface area contributed by atoms with Crippen molar-refractivity contribution >= 4 is 11.0 Å². The highest BCUT2D eigenvalue weighted by molar-refractivity contribution is 5.86. The standard InChI is InChI=1S/C9H10N2O3/c10-4-5-13-9-6-2-1-3-7(12)8(6)14-11-9/h1-3,12H,4-5,10H2. The minimum absolute atomic E-state index is 0.0533. The summed E-state index contributed by atoms with van der Waals surface area (Å²) in [6.07, 6.45) is 0. The molecule has 0 saturated heterocycles. The van der Waals surface area contributed by atoms with Crippen molar-refractivity contribution in [3.8, 4) is 11.6 Å². The zero-order valence-corrected chi connectivity index (χ0v) is 7.43. The molecule has 0 atom stereocenters. The third-order valence-electron chi connectivity index (χ3n) is 1.80. The van der Waals surface area contributed by atoms with Crippen molar-refractivity contribution < 1.29 is 14.4 Å². The van der Waals surface area contributed by atoms with Crippen LogP contribution in [0.1, 0.15) is 0 Å². The number of aromatic nitrogens is 1. The van der Waals surface area contributed by atoms with E-state index in [1.807, 2.05) is 0 Å². The molecule has 0 spiro atoms. The van der Waals surface area contributed by atoms with Crippen molar-refractivity contribution in [3.63, 3.8) is 0 Å². The number of nitrogens with zero attached hydrogens (tertiary/aromatic N) is 1. The minimum Gasteiger partial charge on any atom is -0.504 e. The van der Waals surface area contributed by atoms with Gasteiger partial charge in [0.2, 0.25) is 5.58 Å². The Morgan fingerprint density at radius 2 is 2.36 bits per heavy atom. The Morgan fingerprint density at radius 3 is 3.14 bits per heavy atom. The van der Waals surface area contributed by atoms with E-state index in [1.54, 1.807) is 12.1 Å². The third kappa shape index (κ3) is 1.38. The SMILES string of the molecule is NCCOc1noc2c(O)cccc12. The van der Waals surface area contributed by atoms with Gasteiger partial charge >= 0.3 is 0 Å². The van der Waals surface area contributed by atoms with Crippen molar-refractivity contribution in [2.45, 2.75) is 0 Å². The lowest BCUT2D eigenvalue weighted by molar-refractivity contribution is 0.292. The van der Waals surface area contributed by atoms with Gasteiger partial charge in [-0.15, -0.1) is 0 Å². The predicted octanol–water partition coefficient (Wildman–Crippen LogP) is 0.871. The summed E-state index contributed by atoms with van der Waals surface area (Å²) in [7, 11) is 0. The van der Waals surface area contributed by atoms with Crippen LogP contribution in [0.2, 0.25) is 0 Å². The van der Waals surface area contributed by atoms with E-state index in [0.717, 1.165) is 0 Å². The highest BCUT2D eigenvalue weighted by Gasteiger charge is 2.11. The Hall–Kier alpha value is -1.75. The molecule has 1 heterocycles. The molecule has 74 valence electrons. The number of benzene rings is 1. The van der Waals surface area contributed by atoms with Crippen LogP contribution in [0.5, 0.6) is 11.6 Å². The Labute approximate surface area is 80.1 Å². The number of phenolic OH excluding ortho intramolecular Hbond substituents is 1. The number of phenols is 1. The first-order valence-electron chi connectivity index (χ1n) is 4.23. The Kier molecular flexibility index (Phi) is 2.24. The van der Waals surface area contributed by atoms with Crippen LogP contribution in [0.3, 0.4) is 0 Å². The van der Waals surface area contributed by atoms with Gasteiger partial charge in [0, 0.05) is 6.54 Å². The van der Waals surface area contributed by atoms with Gasteiger partial charge in [-0.25, -0.2) is 0 Å². The molecule has 1 aromatic carbocycles. The second kappa shape index (κ2) is 3.55. The van der Waals surface area contributed by atoms with E-state index in [1.165, 1.54) is 6.07 Å². The van der Waals surface area contributed by atoms with Crippen molar-refractivity contribution in [1.82, 2.24) is 5.16 Å². The number of para-hydroxylation sites is 1. The molecule has 2 rings (SSSR count). The van der Waals surface area contributed by atoms with Crippen molar-refractivity contribution in [3.05, 3.63) is 18.2 Å². The predicted molar refractivity (Wildman–Crippen MR) is 50.2 cm³/mol. The molecule has 0 saturated carbocycles. The number of hydrogen-bond donors (Lipinski definition) is 2. The zero-order valence-electron chi connectivity index (χ0n) is 7.43. The first-order valence-corrected chi connectivity index (χ1v) is 4.23. The number of fused-ring (bicyclic) bond motifs is 1. The van der Waals surface area contributed by atoms with Crippen LogP contribution in [0.4, 0.5) is 0 Å². The highest BCUT2D eigenvalue weighted by atomic mass is 16.5. The monoisotopic (exact) mass is 194 g/mol. The smallest absolute Gasteiger partial charge is 0.262 e. The lowest BCUT2D eigenvalue weighted by atomic mass is 10.2. The molecule has 0 radical (unpaired) electrons. The molecule has 5 nitrogen and oxygen atoms in total. The Bertz CT molecular complexity index is 439. The van der Waals surface area contributed by atoms with E-state index in [4.69, 9.17) is 15.0 Å². The summed E-state index contributed by atoms with van der Waals surface area (Å²) in [6.45, 7) is 0.782. The molecular formula is C9H10N2O3. The Morgan fingerprint density at radius 1 is 1.50 bits per heavy atom. The van der Waals surface area contributed by atoms with Gasteiger partial charge in [-0.1, -0.05) is 6.07 Å². The largest absolute Gasteiger partial charge is 0.504 e. The molecule has 14 heavy (non-hydrogen) atoms. The van der Waals surface area contributed by atoms with E-state index in [-0.39, 0.29) is 5.75 Å². The summed E-state index contributed by atoms with van der Waals surface area (Å²) < 4.78 is 10.1. The summed E-state index contributed by atoms with van der Waals surface area (Å²) in [5.41, 5.74) is 5.62. The van der Waals surface area contributed by atoms with Gasteiger partial charge in [-0.2, -0.15) is 0 Å². The number of hydrogen-bond acceptors (Lipinski definition) is 5. The van der Waals surface area contributed by atoms with Gasteiger partial charge in [-0.3, -0.25) is 0 Å². The molecule has 2 aromatic rings. The molecule has 0 bridgehead atoms. The van der Waals surface area contributed by atoms with Crippen LogP contribution >= 0.6 is 0 Å². The summed E-state index contributed by atoms with van der Waals surface area (Å²) in [5, 5.41) is 13.7. The summed E-state index contributed by atoms with van der Waals surface area (Å²) in [5.74, 6) is 0.416. The Balaban J connectivity index is 2.42. The maximum Gasteiger partial charge on any atom is 0.262 e. The van der Waals surface area contributed by atoms with E-state index in [2.05, 4.69) is 5.16 Å². The first kappa shape index (κ1) is 8.83. The van der Waals surface area contributed by atoms with Crippen LogP contribution in [-0.2, 0) is 0 Å². The highest BCUT2D eigenvalue weighted by Crippen LogP contribution is 2.30. The first-order chi connectivity index (χ1) is 6.83. The lowest BCUT2D eigenvalue weighted by Gasteiger charge is -1.98. The van der Waals surface area contributed by atoms with Crippen LogP contribution in [0.25, 0.3) is 11.0 Å². The fourth-order valence-corrected chi connectivity index (χ4v) is 1.19. The molecule has 0 aliphatic carbocycles. The maximum absolute atomic E-state index is 9.40. The molecule has 0 aliphatic heterocycles. The average molecular weight is 194 g/mol. The molecule has 1 aromatic heterocycles. The topological polar surface area (TPSA) is 81.5 Å². The zero-order chi connectivity index (χ0) is 9.97. The maximum atomic E-state index is 9.40. The molecule has 5 heteroatoms. The number of rotatable bonds is 3. The second-order valence-electron chi connectivity index (χ2n) is 2.78. The van der Waals surface area contributed by atoms with E-state index >= 15 is 0 Å². The molecule has 0 amide bonds. The number of ether oxygens (including phenoxy) is 1. The van der Waals surface area contributed by atoms with Gasteiger partial charge in [0.25, 0.3) is 5.88 Å². The second-order valence-corrected chi connectivity index (χ2v) is 2.78. The van der Waals surface area contributed by atoms with Crippen molar-refractivity contribution in [2.75, 3.05) is 13.2 Å². The van der Waals surface area contributed by atoms with Gasteiger partial charge in [0.05, 0.1) is 5.39 Å². The van der Waals surface area contributed by atoms with E-state index in [0.29, 0.717) is 30.0 Å². The van der Waals surface area contributed by atoms with E-state index in [9.17, 15) is 5.11 Å². The number of nitrogens with two attached hydrogens (primary N) is 1. The quantitative estimate of drug-likeness (QED) is 0.757.